The second-order valence-corrected chi connectivity index (χ2v) is 9.35. The van der Waals surface area contributed by atoms with E-state index in [2.05, 4.69) is 4.98 Å². The Morgan fingerprint density at radius 3 is 2.21 bits per heavy atom. The van der Waals surface area contributed by atoms with Crippen LogP contribution in [0.1, 0.15) is 39.5 Å². The normalized spacial score (nSPS) is 15.3. The first-order valence-corrected chi connectivity index (χ1v) is 12.4. The van der Waals surface area contributed by atoms with Crippen molar-refractivity contribution in [2.24, 2.45) is 0 Å². The number of aromatic nitrogens is 1. The predicted octanol–water partition coefficient (Wildman–Crippen LogP) is 4.86. The molecular formula is C28H26N2O7S. The molecule has 0 saturated carbocycles. The van der Waals surface area contributed by atoms with Crippen molar-refractivity contribution in [2.75, 3.05) is 26.2 Å². The Labute approximate surface area is 223 Å². The number of aryl methyl sites for hydroxylation is 1. The highest BCUT2D eigenvalue weighted by molar-refractivity contribution is 7.17. The number of carbonyl (C=O) groups is 3. The number of aliphatic hydroxyl groups excluding tert-OH is 1. The topological polar surface area (TPSA) is 115 Å². The Balaban J connectivity index is 1.90. The Morgan fingerprint density at radius 2 is 1.68 bits per heavy atom. The molecule has 0 saturated heterocycles. The summed E-state index contributed by atoms with van der Waals surface area (Å²) in [5.74, 6) is -1.38. The third kappa shape index (κ3) is 4.78. The lowest BCUT2D eigenvalue weighted by molar-refractivity contribution is -0.117. The maximum Gasteiger partial charge on any atom is 0.296 e. The molecule has 2 heterocycles. The van der Waals surface area contributed by atoms with Gasteiger partial charge in [0.15, 0.2) is 34.0 Å². The van der Waals surface area contributed by atoms with Gasteiger partial charge in [0.1, 0.15) is 0 Å². The third-order valence-electron chi connectivity index (χ3n) is 6.01. The summed E-state index contributed by atoms with van der Waals surface area (Å²) >= 11 is 1.01. The maximum atomic E-state index is 13.5. The highest BCUT2D eigenvalue weighted by atomic mass is 32.1. The highest BCUT2D eigenvalue weighted by Crippen LogP contribution is 2.47. The van der Waals surface area contributed by atoms with E-state index in [4.69, 9.17) is 14.2 Å². The number of benzene rings is 2. The lowest BCUT2D eigenvalue weighted by Gasteiger charge is -2.25. The predicted molar refractivity (Wildman–Crippen MR) is 143 cm³/mol. The number of rotatable bonds is 9. The molecule has 196 valence electrons. The van der Waals surface area contributed by atoms with Gasteiger partial charge in [-0.15, -0.1) is 0 Å². The van der Waals surface area contributed by atoms with Gasteiger partial charge in [-0.2, -0.15) is 0 Å². The zero-order valence-electron chi connectivity index (χ0n) is 21.5. The van der Waals surface area contributed by atoms with E-state index in [1.807, 2.05) is 30.3 Å². The summed E-state index contributed by atoms with van der Waals surface area (Å²) in [6, 6.07) is 11.3. The fraction of sp³-hybridized carbons (Fsp3) is 0.214. The van der Waals surface area contributed by atoms with Crippen molar-refractivity contribution in [3.05, 3.63) is 81.6 Å². The van der Waals surface area contributed by atoms with Gasteiger partial charge in [-0.05, 0) is 36.3 Å². The molecule has 1 amide bonds. The summed E-state index contributed by atoms with van der Waals surface area (Å²) < 4.78 is 16.4. The summed E-state index contributed by atoms with van der Waals surface area (Å²) in [6.07, 6.45) is 2.90. The molecule has 0 spiro atoms. The van der Waals surface area contributed by atoms with Crippen LogP contribution in [0.5, 0.6) is 17.2 Å². The molecule has 1 atom stereocenters. The van der Waals surface area contributed by atoms with Crippen LogP contribution in [0.4, 0.5) is 5.13 Å². The van der Waals surface area contributed by atoms with Gasteiger partial charge in [-0.1, -0.05) is 47.7 Å². The molecular weight excluding hydrogens is 508 g/mol. The molecule has 1 aliphatic rings. The van der Waals surface area contributed by atoms with Crippen molar-refractivity contribution in [1.82, 2.24) is 4.98 Å². The number of hydrogen-bond donors (Lipinski definition) is 1. The number of methoxy groups -OCH3 is 3. The summed E-state index contributed by atoms with van der Waals surface area (Å²) in [4.78, 5) is 45.1. The minimum Gasteiger partial charge on any atom is -0.503 e. The molecule has 1 aliphatic heterocycles. The summed E-state index contributed by atoms with van der Waals surface area (Å²) in [5.41, 5.74) is 1.48. The summed E-state index contributed by atoms with van der Waals surface area (Å²) in [6.45, 7) is 3.07. The minimum atomic E-state index is -1.09. The van der Waals surface area contributed by atoms with E-state index in [0.717, 1.165) is 16.9 Å². The number of aliphatic hydroxyl groups is 1. The largest absolute Gasteiger partial charge is 0.503 e. The zero-order valence-corrected chi connectivity index (χ0v) is 22.3. The van der Waals surface area contributed by atoms with E-state index in [-0.39, 0.29) is 16.5 Å². The first kappa shape index (κ1) is 26.6. The van der Waals surface area contributed by atoms with Crippen molar-refractivity contribution < 1.29 is 33.7 Å². The van der Waals surface area contributed by atoms with E-state index in [9.17, 15) is 19.5 Å². The van der Waals surface area contributed by atoms with Gasteiger partial charge in [0.05, 0.1) is 43.5 Å². The number of carbonyl (C=O) groups excluding carboxylic acids is 3. The summed E-state index contributed by atoms with van der Waals surface area (Å²) in [5, 5.41) is 11.1. The first-order chi connectivity index (χ1) is 18.2. The Kier molecular flexibility index (Phi) is 7.63. The Bertz CT molecular complexity index is 1450. The van der Waals surface area contributed by atoms with Gasteiger partial charge < -0.3 is 19.3 Å². The molecule has 1 N–H and O–H groups in total. The van der Waals surface area contributed by atoms with Crippen LogP contribution in [-0.4, -0.2) is 48.9 Å². The van der Waals surface area contributed by atoms with Crippen LogP contribution in [0.3, 0.4) is 0 Å². The average molecular weight is 535 g/mol. The molecule has 9 nitrogen and oxygen atoms in total. The summed E-state index contributed by atoms with van der Waals surface area (Å²) in [7, 11) is 4.36. The molecule has 3 aromatic rings. The van der Waals surface area contributed by atoms with Crippen LogP contribution in [0.25, 0.3) is 6.08 Å². The molecule has 4 rings (SSSR count). The van der Waals surface area contributed by atoms with Crippen molar-refractivity contribution in [1.29, 1.82) is 0 Å². The molecule has 10 heteroatoms. The number of ether oxygens (including phenoxy) is 3. The number of Topliss-reactive ketones (excluding diaryl/α,β-unsaturated/α-hetero) is 1. The molecule has 0 radical (unpaired) electrons. The van der Waals surface area contributed by atoms with Crippen LogP contribution in [0.15, 0.2) is 59.9 Å². The minimum absolute atomic E-state index is 0.145. The Hall–Kier alpha value is -4.44. The van der Waals surface area contributed by atoms with Gasteiger partial charge in [0.2, 0.25) is 5.75 Å². The molecule has 1 unspecified atom stereocenters. The first-order valence-electron chi connectivity index (χ1n) is 11.5. The quantitative estimate of drug-likeness (QED) is 0.306. The molecule has 0 aliphatic carbocycles. The highest BCUT2D eigenvalue weighted by Gasteiger charge is 2.46. The maximum absolute atomic E-state index is 13.5. The smallest absolute Gasteiger partial charge is 0.296 e. The van der Waals surface area contributed by atoms with E-state index >= 15 is 0 Å². The number of ketones is 2. The van der Waals surface area contributed by atoms with E-state index in [0.29, 0.717) is 33.4 Å². The van der Waals surface area contributed by atoms with E-state index in [1.165, 1.54) is 39.2 Å². The van der Waals surface area contributed by atoms with Gasteiger partial charge >= 0.3 is 0 Å². The van der Waals surface area contributed by atoms with Gasteiger partial charge in [0.25, 0.3) is 5.91 Å². The lowest BCUT2D eigenvalue weighted by atomic mass is 9.95. The molecule has 0 bridgehead atoms. The molecule has 1 aromatic heterocycles. The molecule has 38 heavy (non-hydrogen) atoms. The van der Waals surface area contributed by atoms with Gasteiger partial charge in [0, 0.05) is 6.92 Å². The molecule has 2 aromatic carbocycles. The van der Waals surface area contributed by atoms with Crippen LogP contribution < -0.4 is 19.1 Å². The monoisotopic (exact) mass is 534 g/mol. The van der Waals surface area contributed by atoms with E-state index in [1.54, 1.807) is 25.1 Å². The van der Waals surface area contributed by atoms with Crippen molar-refractivity contribution >= 4 is 40.0 Å². The van der Waals surface area contributed by atoms with Crippen LogP contribution in [0.2, 0.25) is 0 Å². The second-order valence-electron chi connectivity index (χ2n) is 8.37. The molecule has 0 fully saturated rings. The zero-order chi connectivity index (χ0) is 27.6. The number of allylic oxidation sites excluding steroid dienone is 1. The third-order valence-corrected chi connectivity index (χ3v) is 7.27. The fourth-order valence-corrected chi connectivity index (χ4v) is 5.26. The number of anilines is 1. The number of nitrogens with zero attached hydrogens (tertiary/aromatic N) is 2. The van der Waals surface area contributed by atoms with Crippen molar-refractivity contribution in [2.45, 2.75) is 19.9 Å². The van der Waals surface area contributed by atoms with E-state index < -0.39 is 23.5 Å². The van der Waals surface area contributed by atoms with Gasteiger partial charge in [-0.25, -0.2) is 4.98 Å². The Morgan fingerprint density at radius 1 is 1.05 bits per heavy atom. The average Bonchev–Trinajstić information content (AvgIpc) is 3.43. The second kappa shape index (κ2) is 10.9. The van der Waals surface area contributed by atoms with Crippen molar-refractivity contribution in [3.8, 4) is 17.2 Å². The number of amides is 1. The van der Waals surface area contributed by atoms with Crippen LogP contribution in [0, 0.1) is 6.92 Å². The van der Waals surface area contributed by atoms with Crippen LogP contribution in [-0.2, 0) is 9.59 Å². The number of hydrogen-bond acceptors (Lipinski definition) is 9. The van der Waals surface area contributed by atoms with Crippen LogP contribution >= 0.6 is 11.3 Å². The number of thiazole rings is 1. The standard InChI is InChI=1S/C28H26N2O7S/c1-15-26(16(2)31)38-28(29-15)30-23(18-13-20(35-3)25(37-5)21(14-18)36-4)22(24(33)27(30)34)19(32)12-11-17-9-7-6-8-10-17/h6-14,23,33H,1-5H3. The SMILES string of the molecule is COc1cc(C2C(C(=O)C=Cc3ccccc3)=C(O)C(=O)N2c2nc(C)c(C(C)=O)s2)cc(OC)c1OC. The van der Waals surface area contributed by atoms with Crippen molar-refractivity contribution in [3.63, 3.8) is 0 Å². The lowest BCUT2D eigenvalue weighted by Crippen LogP contribution is -2.31. The fourth-order valence-electron chi connectivity index (χ4n) is 4.27. The van der Waals surface area contributed by atoms with Gasteiger partial charge in [-0.3, -0.25) is 19.3 Å².